The van der Waals surface area contributed by atoms with E-state index in [2.05, 4.69) is 257 Å². The van der Waals surface area contributed by atoms with Crippen molar-refractivity contribution in [2.75, 3.05) is 9.80 Å². The number of hydrogen-bond donors (Lipinski definition) is 0. The van der Waals surface area contributed by atoms with Gasteiger partial charge in [-0.05, 0) is 131 Å². The Bertz CT molecular complexity index is 3540. The normalized spacial score (nSPS) is 13.9. The molecule has 9 aromatic carbocycles. The largest absolute Gasteiger partial charge is 0.311 e. The summed E-state index contributed by atoms with van der Waals surface area (Å²) in [4.78, 5) is 5.35. The maximum absolute atomic E-state index is 2.68. The molecule has 2 aliphatic rings. The molecular weight excluding hydrogens is 864 g/mol. The van der Waals surface area contributed by atoms with Gasteiger partial charge in [-0.15, -0.1) is 11.3 Å². The van der Waals surface area contributed by atoms with E-state index in [1.54, 1.807) is 0 Å². The van der Waals surface area contributed by atoms with Crippen LogP contribution in [0, 0.1) is 0 Å². The zero-order valence-electron chi connectivity index (χ0n) is 43.0. The van der Waals surface area contributed by atoms with Crippen LogP contribution in [0.2, 0.25) is 0 Å². The Labute approximate surface area is 419 Å². The van der Waals surface area contributed by atoms with Crippen LogP contribution in [0.3, 0.4) is 0 Å². The van der Waals surface area contributed by atoms with E-state index in [1.807, 2.05) is 11.3 Å². The number of rotatable bonds is 3. The third kappa shape index (κ3) is 7.11. The molecule has 0 unspecified atom stereocenters. The number of fused-ring (bicyclic) bond motifs is 11. The van der Waals surface area contributed by atoms with Gasteiger partial charge in [-0.1, -0.05) is 198 Å². The molecule has 3 heterocycles. The highest BCUT2D eigenvalue weighted by molar-refractivity contribution is 7.25. The predicted octanol–water partition coefficient (Wildman–Crippen LogP) is 17.3. The minimum atomic E-state index is -0.0729. The molecule has 12 rings (SSSR count). The van der Waals surface area contributed by atoms with Gasteiger partial charge in [-0.25, -0.2) is 0 Å². The molecule has 0 aliphatic carbocycles. The standard InChI is InChI=1S/C66H63BN2S/c1-63(2,3)44-34-45(64(4,5)6)37-48(36-44)68-56-31-43(42-25-28-53-52-23-17-18-24-58(52)70-59(53)33-42)32-57-60(56)67(54-29-26-40-19-13-15-21-50(40)61(54)68)55-30-27-41-20-14-16-22-51(41)62(55)69(57)49-38-46(65(7,8)9)35-47(39-49)66(10,11)12/h13-39H,1-12H3. The van der Waals surface area contributed by atoms with E-state index in [0.717, 1.165) is 0 Å². The Balaban J connectivity index is 1.27. The van der Waals surface area contributed by atoms with Crippen LogP contribution < -0.4 is 26.2 Å². The number of hydrogen-bond acceptors (Lipinski definition) is 3. The van der Waals surface area contributed by atoms with E-state index < -0.39 is 0 Å². The van der Waals surface area contributed by atoms with Crippen molar-refractivity contribution in [2.24, 2.45) is 0 Å². The quantitative estimate of drug-likeness (QED) is 0.163. The molecule has 0 radical (unpaired) electrons. The smallest absolute Gasteiger partial charge is 0.252 e. The molecule has 1 aromatic heterocycles. The van der Waals surface area contributed by atoms with Gasteiger partial charge in [0.2, 0.25) is 0 Å². The van der Waals surface area contributed by atoms with Crippen LogP contribution in [0.5, 0.6) is 0 Å². The third-order valence-electron chi connectivity index (χ3n) is 15.4. The fourth-order valence-electron chi connectivity index (χ4n) is 11.3. The molecule has 0 bridgehead atoms. The first kappa shape index (κ1) is 44.6. The van der Waals surface area contributed by atoms with Crippen LogP contribution >= 0.6 is 11.3 Å². The predicted molar refractivity (Wildman–Crippen MR) is 309 cm³/mol. The topological polar surface area (TPSA) is 6.48 Å². The molecule has 0 saturated carbocycles. The van der Waals surface area contributed by atoms with E-state index in [9.17, 15) is 0 Å². The Hall–Kier alpha value is -6.62. The fourth-order valence-corrected chi connectivity index (χ4v) is 12.5. The van der Waals surface area contributed by atoms with Gasteiger partial charge in [-0.2, -0.15) is 0 Å². The molecule has 4 heteroatoms. The number of thiophene rings is 1. The molecule has 346 valence electrons. The van der Waals surface area contributed by atoms with Gasteiger partial charge in [0.15, 0.2) is 0 Å². The van der Waals surface area contributed by atoms with Gasteiger partial charge >= 0.3 is 0 Å². The van der Waals surface area contributed by atoms with E-state index >= 15 is 0 Å². The summed E-state index contributed by atoms with van der Waals surface area (Å²) in [6.45, 7) is 28.3. The molecule has 0 atom stereocenters. The Morgan fingerprint density at radius 3 is 1.23 bits per heavy atom. The summed E-state index contributed by atoms with van der Waals surface area (Å²) in [6.07, 6.45) is 0. The van der Waals surface area contributed by atoms with E-state index in [4.69, 9.17) is 0 Å². The first-order valence-corrected chi connectivity index (χ1v) is 26.1. The molecule has 0 saturated heterocycles. The minimum absolute atomic E-state index is 0.0309. The molecule has 2 nitrogen and oxygen atoms in total. The molecule has 0 fully saturated rings. The Kier molecular flexibility index (Phi) is 9.83. The SMILES string of the molecule is CC(C)(C)c1cc(N2c3cc(-c4ccc5c(c4)sc4ccccc45)cc4c3B(c3ccc5ccccc5c32)c2ccc3ccccc3c2N4c2cc(C(C)(C)C)cc(C(C)(C)C)c2)cc(C(C)(C)C)c1. The first-order chi connectivity index (χ1) is 33.2. The lowest BCUT2D eigenvalue weighted by Gasteiger charge is -2.46. The zero-order chi connectivity index (χ0) is 48.8. The van der Waals surface area contributed by atoms with Crippen LogP contribution in [-0.2, 0) is 21.7 Å². The summed E-state index contributed by atoms with van der Waals surface area (Å²) in [6, 6.07) is 63.8. The maximum atomic E-state index is 2.68. The van der Waals surface area contributed by atoms with Gasteiger partial charge in [0.05, 0.1) is 0 Å². The van der Waals surface area contributed by atoms with E-state index in [-0.39, 0.29) is 28.4 Å². The molecule has 0 amide bonds. The first-order valence-electron chi connectivity index (χ1n) is 25.3. The average molecular weight is 927 g/mol. The summed E-state index contributed by atoms with van der Waals surface area (Å²) in [5, 5.41) is 7.66. The van der Waals surface area contributed by atoms with Crippen molar-refractivity contribution >= 4 is 110 Å². The second kappa shape index (κ2) is 15.4. The number of anilines is 6. The molecule has 10 aromatic rings. The summed E-state index contributed by atoms with van der Waals surface area (Å²) in [5.74, 6) is 0. The third-order valence-corrected chi connectivity index (χ3v) is 16.5. The highest BCUT2D eigenvalue weighted by atomic mass is 32.1. The fraction of sp³-hybridized carbons (Fsp3) is 0.242. The van der Waals surface area contributed by atoms with Crippen molar-refractivity contribution in [3.63, 3.8) is 0 Å². The number of nitrogens with zero attached hydrogens (tertiary/aromatic N) is 2. The highest BCUT2D eigenvalue weighted by Gasteiger charge is 2.45. The molecular formula is C66H63BN2S. The van der Waals surface area contributed by atoms with Crippen molar-refractivity contribution in [1.29, 1.82) is 0 Å². The molecule has 0 N–H and O–H groups in total. The Morgan fingerprint density at radius 2 is 0.771 bits per heavy atom. The van der Waals surface area contributed by atoms with Crippen molar-refractivity contribution in [1.82, 2.24) is 0 Å². The van der Waals surface area contributed by atoms with Crippen LogP contribution in [0.1, 0.15) is 105 Å². The lowest BCUT2D eigenvalue weighted by molar-refractivity contribution is 0.568. The van der Waals surface area contributed by atoms with E-state index in [0.29, 0.717) is 0 Å². The maximum Gasteiger partial charge on any atom is 0.252 e. The Morgan fingerprint density at radius 1 is 0.357 bits per heavy atom. The second-order valence-corrected chi connectivity index (χ2v) is 25.4. The molecule has 70 heavy (non-hydrogen) atoms. The van der Waals surface area contributed by atoms with Crippen LogP contribution in [-0.4, -0.2) is 6.71 Å². The van der Waals surface area contributed by atoms with E-state index in [1.165, 1.54) is 126 Å². The molecule has 0 spiro atoms. The van der Waals surface area contributed by atoms with Crippen LogP contribution in [0.4, 0.5) is 34.1 Å². The van der Waals surface area contributed by atoms with Gasteiger partial charge in [0.25, 0.3) is 6.71 Å². The van der Waals surface area contributed by atoms with Crippen LogP contribution in [0.15, 0.2) is 164 Å². The van der Waals surface area contributed by atoms with Crippen LogP contribution in [0.25, 0.3) is 52.8 Å². The monoisotopic (exact) mass is 926 g/mol. The van der Waals surface area contributed by atoms with Crippen molar-refractivity contribution in [3.8, 4) is 11.1 Å². The van der Waals surface area contributed by atoms with Gasteiger partial charge in [0.1, 0.15) is 0 Å². The highest BCUT2D eigenvalue weighted by Crippen LogP contribution is 2.51. The summed E-state index contributed by atoms with van der Waals surface area (Å²) >= 11 is 1.89. The zero-order valence-corrected chi connectivity index (χ0v) is 43.8. The van der Waals surface area contributed by atoms with Gasteiger partial charge in [-0.3, -0.25) is 0 Å². The minimum Gasteiger partial charge on any atom is -0.311 e. The second-order valence-electron chi connectivity index (χ2n) is 24.3. The molecule has 2 aliphatic heterocycles. The van der Waals surface area contributed by atoms with Crippen molar-refractivity contribution < 1.29 is 0 Å². The average Bonchev–Trinajstić information content (AvgIpc) is 3.70. The summed E-state index contributed by atoms with van der Waals surface area (Å²) < 4.78 is 2.63. The van der Waals surface area contributed by atoms with Gasteiger partial charge in [0, 0.05) is 65.1 Å². The van der Waals surface area contributed by atoms with Crippen molar-refractivity contribution in [3.05, 3.63) is 186 Å². The lowest BCUT2D eigenvalue weighted by Crippen LogP contribution is -2.61. The summed E-state index contributed by atoms with van der Waals surface area (Å²) in [7, 11) is 0. The lowest BCUT2D eigenvalue weighted by atomic mass is 9.33. The number of benzene rings is 9. The summed E-state index contributed by atoms with van der Waals surface area (Å²) in [5.41, 5.74) is 18.9. The van der Waals surface area contributed by atoms with Gasteiger partial charge < -0.3 is 9.80 Å². The van der Waals surface area contributed by atoms with Crippen molar-refractivity contribution in [2.45, 2.75) is 105 Å².